The van der Waals surface area contributed by atoms with Gasteiger partial charge < -0.3 is 5.73 Å². The van der Waals surface area contributed by atoms with E-state index < -0.39 is 0 Å². The average Bonchev–Trinajstić information content (AvgIpc) is 2.46. The van der Waals surface area contributed by atoms with Crippen LogP contribution in [0.15, 0.2) is 36.5 Å². The second kappa shape index (κ2) is 5.42. The van der Waals surface area contributed by atoms with Gasteiger partial charge in [-0.25, -0.2) is 0 Å². The molecule has 1 aliphatic rings. The maximum Gasteiger partial charge on any atom is 0.0704 e. The molecule has 21 heavy (non-hydrogen) atoms. The normalized spacial score (nSPS) is 27.0. The van der Waals surface area contributed by atoms with Crippen LogP contribution in [0.3, 0.4) is 0 Å². The highest BCUT2D eigenvalue weighted by Crippen LogP contribution is 2.43. The molecule has 0 radical (unpaired) electrons. The molecule has 2 heteroatoms. The van der Waals surface area contributed by atoms with E-state index in [0.29, 0.717) is 12.0 Å². The molecule has 1 aliphatic carbocycles. The second-order valence-corrected chi connectivity index (χ2v) is 7.29. The Morgan fingerprint density at radius 2 is 1.95 bits per heavy atom. The van der Waals surface area contributed by atoms with E-state index in [9.17, 15) is 0 Å². The molecule has 2 nitrogen and oxygen atoms in total. The molecular formula is C19H26N2. The molecule has 0 spiro atoms. The third kappa shape index (κ3) is 2.57. The summed E-state index contributed by atoms with van der Waals surface area (Å²) in [5.74, 6) is 1.31. The van der Waals surface area contributed by atoms with Crippen molar-refractivity contribution in [3.63, 3.8) is 0 Å². The molecular weight excluding hydrogens is 256 g/mol. The van der Waals surface area contributed by atoms with E-state index >= 15 is 0 Å². The van der Waals surface area contributed by atoms with Crippen molar-refractivity contribution in [3.05, 3.63) is 42.1 Å². The van der Waals surface area contributed by atoms with Crippen molar-refractivity contribution in [2.24, 2.45) is 17.6 Å². The zero-order chi connectivity index (χ0) is 15.0. The molecule has 1 fully saturated rings. The zero-order valence-electron chi connectivity index (χ0n) is 13.3. The molecule has 0 amide bonds. The van der Waals surface area contributed by atoms with Crippen LogP contribution >= 0.6 is 0 Å². The Hall–Kier alpha value is -1.41. The van der Waals surface area contributed by atoms with Crippen LogP contribution in [-0.4, -0.2) is 11.0 Å². The quantitative estimate of drug-likeness (QED) is 0.893. The number of hydrogen-bond donors (Lipinski definition) is 1. The minimum Gasteiger partial charge on any atom is -0.327 e. The van der Waals surface area contributed by atoms with Crippen molar-refractivity contribution < 1.29 is 0 Å². The van der Waals surface area contributed by atoms with E-state index in [-0.39, 0.29) is 5.41 Å². The van der Waals surface area contributed by atoms with E-state index in [4.69, 9.17) is 5.73 Å². The Morgan fingerprint density at radius 1 is 1.14 bits per heavy atom. The van der Waals surface area contributed by atoms with Gasteiger partial charge in [-0.05, 0) is 47.8 Å². The summed E-state index contributed by atoms with van der Waals surface area (Å²) in [4.78, 5) is 4.50. The SMILES string of the molecule is CC1CCC(C(C)(C)c2cccc3ncccc23)C(N)C1. The van der Waals surface area contributed by atoms with Gasteiger partial charge in [-0.3, -0.25) is 4.98 Å². The monoisotopic (exact) mass is 282 g/mol. The van der Waals surface area contributed by atoms with Crippen LogP contribution in [-0.2, 0) is 5.41 Å². The zero-order valence-corrected chi connectivity index (χ0v) is 13.3. The van der Waals surface area contributed by atoms with Crippen LogP contribution < -0.4 is 5.73 Å². The summed E-state index contributed by atoms with van der Waals surface area (Å²) >= 11 is 0. The fraction of sp³-hybridized carbons (Fsp3) is 0.526. The van der Waals surface area contributed by atoms with Gasteiger partial charge in [-0.1, -0.05) is 45.4 Å². The summed E-state index contributed by atoms with van der Waals surface area (Å²) < 4.78 is 0. The minimum absolute atomic E-state index is 0.0854. The average molecular weight is 282 g/mol. The lowest BCUT2D eigenvalue weighted by Crippen LogP contribution is -2.45. The van der Waals surface area contributed by atoms with Crippen molar-refractivity contribution in [2.75, 3.05) is 0 Å². The van der Waals surface area contributed by atoms with Gasteiger partial charge in [0.15, 0.2) is 0 Å². The molecule has 1 heterocycles. The van der Waals surface area contributed by atoms with Crippen LogP contribution in [0.5, 0.6) is 0 Å². The third-order valence-corrected chi connectivity index (χ3v) is 5.43. The first-order valence-corrected chi connectivity index (χ1v) is 8.10. The fourth-order valence-corrected chi connectivity index (χ4v) is 4.19. The van der Waals surface area contributed by atoms with E-state index in [0.717, 1.165) is 17.9 Å². The topological polar surface area (TPSA) is 38.9 Å². The highest BCUT2D eigenvalue weighted by Gasteiger charge is 2.39. The summed E-state index contributed by atoms with van der Waals surface area (Å²) in [5.41, 5.74) is 9.08. The number of benzene rings is 1. The number of pyridine rings is 1. The van der Waals surface area contributed by atoms with Crippen molar-refractivity contribution >= 4 is 10.9 Å². The number of fused-ring (bicyclic) bond motifs is 1. The molecule has 2 N–H and O–H groups in total. The van der Waals surface area contributed by atoms with Crippen LogP contribution in [0.4, 0.5) is 0 Å². The molecule has 0 saturated heterocycles. The number of nitrogens with two attached hydrogens (primary N) is 1. The van der Waals surface area contributed by atoms with E-state index in [1.807, 2.05) is 12.3 Å². The van der Waals surface area contributed by atoms with Crippen molar-refractivity contribution in [1.29, 1.82) is 0 Å². The molecule has 2 aromatic rings. The molecule has 3 rings (SSSR count). The first-order valence-electron chi connectivity index (χ1n) is 8.10. The number of hydrogen-bond acceptors (Lipinski definition) is 2. The predicted molar refractivity (Wildman–Crippen MR) is 89.2 cm³/mol. The third-order valence-electron chi connectivity index (χ3n) is 5.43. The van der Waals surface area contributed by atoms with Gasteiger partial charge in [0.25, 0.3) is 0 Å². The summed E-state index contributed by atoms with van der Waals surface area (Å²) in [6, 6.07) is 11.0. The van der Waals surface area contributed by atoms with Crippen LogP contribution in [0.1, 0.15) is 45.6 Å². The lowest BCUT2D eigenvalue weighted by atomic mass is 9.63. The largest absolute Gasteiger partial charge is 0.327 e. The summed E-state index contributed by atoms with van der Waals surface area (Å²) in [6.45, 7) is 7.04. The maximum absolute atomic E-state index is 6.52. The maximum atomic E-state index is 6.52. The van der Waals surface area contributed by atoms with Gasteiger partial charge >= 0.3 is 0 Å². The Morgan fingerprint density at radius 3 is 2.71 bits per heavy atom. The van der Waals surface area contributed by atoms with Crippen LogP contribution in [0, 0.1) is 11.8 Å². The van der Waals surface area contributed by atoms with Crippen LogP contribution in [0.2, 0.25) is 0 Å². The van der Waals surface area contributed by atoms with Gasteiger partial charge in [-0.15, -0.1) is 0 Å². The van der Waals surface area contributed by atoms with E-state index in [1.54, 1.807) is 0 Å². The summed E-state index contributed by atoms with van der Waals surface area (Å²) in [7, 11) is 0. The molecule has 3 unspecified atom stereocenters. The first kappa shape index (κ1) is 14.5. The fourth-order valence-electron chi connectivity index (χ4n) is 4.19. The highest BCUT2D eigenvalue weighted by molar-refractivity contribution is 5.83. The highest BCUT2D eigenvalue weighted by atomic mass is 14.7. The molecule has 1 saturated carbocycles. The van der Waals surface area contributed by atoms with Gasteiger partial charge in [0.05, 0.1) is 5.52 Å². The summed E-state index contributed by atoms with van der Waals surface area (Å²) in [6.07, 6.45) is 5.54. The first-order chi connectivity index (χ1) is 10.00. The number of aromatic nitrogens is 1. The van der Waals surface area contributed by atoms with E-state index in [2.05, 4.69) is 50.0 Å². The van der Waals surface area contributed by atoms with Crippen molar-refractivity contribution in [3.8, 4) is 0 Å². The van der Waals surface area contributed by atoms with Crippen LogP contribution in [0.25, 0.3) is 10.9 Å². The van der Waals surface area contributed by atoms with Gasteiger partial charge in [0.1, 0.15) is 0 Å². The lowest BCUT2D eigenvalue weighted by molar-refractivity contribution is 0.172. The molecule has 0 aliphatic heterocycles. The number of nitrogens with zero attached hydrogens (tertiary/aromatic N) is 1. The molecule has 1 aromatic heterocycles. The Balaban J connectivity index is 2.04. The molecule has 3 atom stereocenters. The van der Waals surface area contributed by atoms with Gasteiger partial charge in [0, 0.05) is 17.6 Å². The molecule has 1 aromatic carbocycles. The Kier molecular flexibility index (Phi) is 3.75. The lowest BCUT2D eigenvalue weighted by Gasteiger charge is -2.43. The van der Waals surface area contributed by atoms with Crippen molar-refractivity contribution in [1.82, 2.24) is 4.98 Å². The standard InChI is InChI=1S/C19H26N2/c1-13-9-10-16(17(20)12-13)19(2,3)15-7-4-8-18-14(15)6-5-11-21-18/h4-8,11,13,16-17H,9-10,12,20H2,1-3H3. The van der Waals surface area contributed by atoms with Gasteiger partial charge in [0.2, 0.25) is 0 Å². The second-order valence-electron chi connectivity index (χ2n) is 7.29. The Labute approximate surface area is 127 Å². The summed E-state index contributed by atoms with van der Waals surface area (Å²) in [5, 5.41) is 1.27. The smallest absolute Gasteiger partial charge is 0.0704 e. The minimum atomic E-state index is 0.0854. The predicted octanol–water partition coefficient (Wildman–Crippen LogP) is 4.28. The molecule has 0 bridgehead atoms. The van der Waals surface area contributed by atoms with E-state index in [1.165, 1.54) is 23.8 Å². The number of rotatable bonds is 2. The van der Waals surface area contributed by atoms with Gasteiger partial charge in [-0.2, -0.15) is 0 Å². The Bertz CT molecular complexity index is 627. The van der Waals surface area contributed by atoms with Crippen molar-refractivity contribution in [2.45, 2.75) is 51.5 Å². The molecule has 112 valence electrons.